The average molecular weight is 293 g/mol. The fourth-order valence-corrected chi connectivity index (χ4v) is 4.36. The topological polar surface area (TPSA) is 49.6 Å². The summed E-state index contributed by atoms with van der Waals surface area (Å²) in [7, 11) is 0. The molecule has 2 aliphatic heterocycles. The molecule has 2 heterocycles. The molecule has 2 saturated heterocycles. The maximum atomic E-state index is 12.7. The number of rotatable bonds is 2. The van der Waals surface area contributed by atoms with Gasteiger partial charge in [-0.3, -0.25) is 9.69 Å². The Hall–Kier alpha value is -0.610. The van der Waals surface area contributed by atoms with Gasteiger partial charge in [0.05, 0.1) is 0 Å². The molecule has 3 fully saturated rings. The maximum absolute atomic E-state index is 12.7. The number of hydrogen-bond donors (Lipinski definition) is 1. The molecule has 120 valence electrons. The molecule has 0 radical (unpaired) electrons. The molecule has 2 N–H and O–H groups in total. The lowest BCUT2D eigenvalue weighted by molar-refractivity contribution is -0.136. The van der Waals surface area contributed by atoms with Crippen molar-refractivity contribution in [3.63, 3.8) is 0 Å². The molecule has 1 aliphatic carbocycles. The summed E-state index contributed by atoms with van der Waals surface area (Å²) in [6, 6.07) is 0.832. The molecule has 3 aliphatic rings. The molecular weight excluding hydrogens is 262 g/mol. The third-order valence-electron chi connectivity index (χ3n) is 5.99. The third-order valence-corrected chi connectivity index (χ3v) is 5.99. The first kappa shape index (κ1) is 15.3. The van der Waals surface area contributed by atoms with Gasteiger partial charge in [-0.1, -0.05) is 13.3 Å². The number of nitrogens with zero attached hydrogens (tertiary/aromatic N) is 2. The second-order valence-corrected chi connectivity index (χ2v) is 7.47. The van der Waals surface area contributed by atoms with Crippen LogP contribution < -0.4 is 5.73 Å². The summed E-state index contributed by atoms with van der Waals surface area (Å²) in [6.07, 6.45) is 8.26. The Morgan fingerprint density at radius 3 is 2.52 bits per heavy atom. The minimum Gasteiger partial charge on any atom is -0.341 e. The van der Waals surface area contributed by atoms with E-state index in [1.54, 1.807) is 0 Å². The van der Waals surface area contributed by atoms with Crippen LogP contribution in [0.5, 0.6) is 0 Å². The van der Waals surface area contributed by atoms with Gasteiger partial charge in [0.25, 0.3) is 0 Å². The Labute approximate surface area is 129 Å². The first-order chi connectivity index (χ1) is 10.1. The normalized spacial score (nSPS) is 38.7. The van der Waals surface area contributed by atoms with Gasteiger partial charge in [-0.15, -0.1) is 0 Å². The lowest BCUT2D eigenvalue weighted by atomic mass is 9.79. The van der Waals surface area contributed by atoms with Gasteiger partial charge < -0.3 is 10.6 Å². The minimum absolute atomic E-state index is 0.191. The van der Waals surface area contributed by atoms with Crippen LogP contribution in [0.4, 0.5) is 0 Å². The summed E-state index contributed by atoms with van der Waals surface area (Å²) in [4.78, 5) is 17.5. The van der Waals surface area contributed by atoms with Crippen molar-refractivity contribution in [3.05, 3.63) is 0 Å². The van der Waals surface area contributed by atoms with Gasteiger partial charge in [0, 0.05) is 31.1 Å². The van der Waals surface area contributed by atoms with Gasteiger partial charge in [0.15, 0.2) is 0 Å². The zero-order valence-electron chi connectivity index (χ0n) is 13.5. The Morgan fingerprint density at radius 1 is 1.05 bits per heavy atom. The molecule has 4 unspecified atom stereocenters. The van der Waals surface area contributed by atoms with Gasteiger partial charge >= 0.3 is 0 Å². The van der Waals surface area contributed by atoms with E-state index in [9.17, 15) is 4.79 Å². The molecule has 3 rings (SSSR count). The number of carbonyl (C=O) groups is 1. The van der Waals surface area contributed by atoms with Crippen LogP contribution in [-0.4, -0.2) is 54.0 Å². The van der Waals surface area contributed by atoms with Crippen molar-refractivity contribution in [1.82, 2.24) is 9.80 Å². The molecule has 1 amide bonds. The van der Waals surface area contributed by atoms with E-state index in [1.165, 1.54) is 38.8 Å². The van der Waals surface area contributed by atoms with Crippen molar-refractivity contribution >= 4 is 5.91 Å². The molecule has 4 atom stereocenters. The molecule has 0 bridgehead atoms. The molecular formula is C17H31N3O. The van der Waals surface area contributed by atoms with Crippen molar-refractivity contribution in [2.45, 2.75) is 64.0 Å². The predicted octanol–water partition coefficient (Wildman–Crippen LogP) is 1.84. The highest BCUT2D eigenvalue weighted by Crippen LogP contribution is 2.30. The van der Waals surface area contributed by atoms with Gasteiger partial charge in [-0.25, -0.2) is 0 Å². The number of nitrogens with two attached hydrogens (primary N) is 1. The highest BCUT2D eigenvalue weighted by Gasteiger charge is 2.36. The fourth-order valence-electron chi connectivity index (χ4n) is 4.36. The molecule has 1 saturated carbocycles. The molecule has 21 heavy (non-hydrogen) atoms. The smallest absolute Gasteiger partial charge is 0.225 e. The van der Waals surface area contributed by atoms with E-state index < -0.39 is 0 Å². The van der Waals surface area contributed by atoms with Crippen LogP contribution >= 0.6 is 0 Å². The zero-order valence-corrected chi connectivity index (χ0v) is 13.5. The second kappa shape index (κ2) is 6.66. The van der Waals surface area contributed by atoms with Crippen molar-refractivity contribution in [3.8, 4) is 0 Å². The van der Waals surface area contributed by atoms with Crippen LogP contribution in [-0.2, 0) is 4.79 Å². The number of piperidine rings is 1. The Kier molecular flexibility index (Phi) is 4.85. The van der Waals surface area contributed by atoms with Crippen molar-refractivity contribution in [2.75, 3.05) is 26.2 Å². The standard InChI is InChI=1S/C17H31N3O/c1-13-5-6-14(11-16(13)18)17(21)20-10-7-15(12-20)19-8-3-2-4-9-19/h13-16H,2-12,18H2,1H3. The summed E-state index contributed by atoms with van der Waals surface area (Å²) >= 11 is 0. The molecule has 4 nitrogen and oxygen atoms in total. The lowest BCUT2D eigenvalue weighted by Crippen LogP contribution is -2.45. The van der Waals surface area contributed by atoms with Gasteiger partial charge in [-0.05, 0) is 57.5 Å². The van der Waals surface area contributed by atoms with E-state index in [1.807, 2.05) is 0 Å². The molecule has 4 heteroatoms. The van der Waals surface area contributed by atoms with Gasteiger partial charge in [0.2, 0.25) is 5.91 Å². The van der Waals surface area contributed by atoms with E-state index in [-0.39, 0.29) is 12.0 Å². The Bertz CT molecular complexity index is 367. The zero-order chi connectivity index (χ0) is 14.8. The highest BCUT2D eigenvalue weighted by atomic mass is 16.2. The molecule has 0 aromatic carbocycles. The lowest BCUT2D eigenvalue weighted by Gasteiger charge is -2.34. The van der Waals surface area contributed by atoms with E-state index >= 15 is 0 Å². The van der Waals surface area contributed by atoms with Crippen LogP contribution in [0.3, 0.4) is 0 Å². The van der Waals surface area contributed by atoms with Crippen LogP contribution in [0.25, 0.3) is 0 Å². The SMILES string of the molecule is CC1CCC(C(=O)N2CCC(N3CCCCC3)C2)CC1N. The predicted molar refractivity (Wildman–Crippen MR) is 84.9 cm³/mol. The van der Waals surface area contributed by atoms with Crippen molar-refractivity contribution < 1.29 is 4.79 Å². The summed E-state index contributed by atoms with van der Waals surface area (Å²) in [6.45, 7) is 6.60. The van der Waals surface area contributed by atoms with Gasteiger partial charge in [0.1, 0.15) is 0 Å². The van der Waals surface area contributed by atoms with E-state index in [0.29, 0.717) is 17.9 Å². The molecule has 0 aromatic heterocycles. The molecule has 0 spiro atoms. The maximum Gasteiger partial charge on any atom is 0.225 e. The quantitative estimate of drug-likeness (QED) is 0.845. The van der Waals surface area contributed by atoms with Crippen molar-refractivity contribution in [2.24, 2.45) is 17.6 Å². The number of carbonyl (C=O) groups excluding carboxylic acids is 1. The molecule has 0 aromatic rings. The first-order valence-electron chi connectivity index (χ1n) is 8.93. The van der Waals surface area contributed by atoms with Crippen molar-refractivity contribution in [1.29, 1.82) is 0 Å². The van der Waals surface area contributed by atoms with E-state index in [2.05, 4.69) is 16.7 Å². The van der Waals surface area contributed by atoms with Gasteiger partial charge in [-0.2, -0.15) is 0 Å². The first-order valence-corrected chi connectivity index (χ1v) is 8.93. The fraction of sp³-hybridized carbons (Fsp3) is 0.941. The summed E-state index contributed by atoms with van der Waals surface area (Å²) in [5.41, 5.74) is 6.17. The Morgan fingerprint density at radius 2 is 1.81 bits per heavy atom. The monoisotopic (exact) mass is 293 g/mol. The summed E-state index contributed by atoms with van der Waals surface area (Å²) in [5.74, 6) is 1.15. The van der Waals surface area contributed by atoms with Crippen LogP contribution in [0.2, 0.25) is 0 Å². The van der Waals surface area contributed by atoms with Crippen LogP contribution in [0.15, 0.2) is 0 Å². The third kappa shape index (κ3) is 3.42. The van der Waals surface area contributed by atoms with Crippen LogP contribution in [0.1, 0.15) is 51.9 Å². The minimum atomic E-state index is 0.191. The number of amides is 1. The average Bonchev–Trinajstić information content (AvgIpc) is 3.00. The Balaban J connectivity index is 1.52. The summed E-state index contributed by atoms with van der Waals surface area (Å²) in [5, 5.41) is 0. The van der Waals surface area contributed by atoms with E-state index in [0.717, 1.165) is 32.4 Å². The summed E-state index contributed by atoms with van der Waals surface area (Å²) < 4.78 is 0. The highest BCUT2D eigenvalue weighted by molar-refractivity contribution is 5.79. The number of likely N-dealkylation sites (tertiary alicyclic amines) is 2. The number of hydrogen-bond acceptors (Lipinski definition) is 3. The second-order valence-electron chi connectivity index (χ2n) is 7.47. The van der Waals surface area contributed by atoms with E-state index in [4.69, 9.17) is 5.73 Å². The largest absolute Gasteiger partial charge is 0.341 e. The van der Waals surface area contributed by atoms with Crippen LogP contribution in [0, 0.1) is 11.8 Å².